The van der Waals surface area contributed by atoms with E-state index in [9.17, 15) is 4.79 Å². The number of para-hydroxylation sites is 1. The van der Waals surface area contributed by atoms with Gasteiger partial charge in [-0.3, -0.25) is 14.6 Å². The molecule has 31 heavy (non-hydrogen) atoms. The molecule has 0 radical (unpaired) electrons. The maximum atomic E-state index is 12.6. The molecule has 1 aromatic heterocycles. The van der Waals surface area contributed by atoms with Gasteiger partial charge in [0, 0.05) is 43.4 Å². The first-order valence-electron chi connectivity index (χ1n) is 10.8. The van der Waals surface area contributed by atoms with Gasteiger partial charge in [-0.2, -0.15) is 0 Å². The summed E-state index contributed by atoms with van der Waals surface area (Å²) in [6.07, 6.45) is 7.35. The lowest BCUT2D eigenvalue weighted by molar-refractivity contribution is 0.0234. The van der Waals surface area contributed by atoms with Crippen LogP contribution in [0.2, 0.25) is 0 Å². The molecule has 1 aliphatic rings. The number of amides is 1. The summed E-state index contributed by atoms with van der Waals surface area (Å²) in [7, 11) is 0. The van der Waals surface area contributed by atoms with Crippen molar-refractivity contribution in [1.82, 2.24) is 10.5 Å². The smallest absolute Gasteiger partial charge is 0.276 e. The van der Waals surface area contributed by atoms with Crippen LogP contribution in [0.4, 0.5) is 11.4 Å². The highest BCUT2D eigenvalue weighted by atomic mass is 16.6. The average Bonchev–Trinajstić information content (AvgIpc) is 2.84. The zero-order valence-electron chi connectivity index (χ0n) is 17.6. The van der Waals surface area contributed by atoms with Crippen LogP contribution in [0.5, 0.6) is 0 Å². The van der Waals surface area contributed by atoms with Gasteiger partial charge >= 0.3 is 0 Å². The number of carbonyl (C=O) groups excluding carboxylic acids is 1. The number of nitrogens with zero attached hydrogens (tertiary/aromatic N) is 2. The van der Waals surface area contributed by atoms with Crippen molar-refractivity contribution in [2.45, 2.75) is 32.4 Å². The minimum atomic E-state index is -0.275. The van der Waals surface area contributed by atoms with Crippen LogP contribution in [0.25, 0.3) is 0 Å². The van der Waals surface area contributed by atoms with Crippen LogP contribution >= 0.6 is 0 Å². The Balaban J connectivity index is 1.29. The Bertz CT molecular complexity index is 970. The minimum Gasteiger partial charge on any atom is -0.380 e. The Morgan fingerprint density at radius 1 is 0.903 bits per heavy atom. The van der Waals surface area contributed by atoms with E-state index in [1.54, 1.807) is 18.5 Å². The van der Waals surface area contributed by atoms with Gasteiger partial charge in [-0.25, -0.2) is 5.48 Å². The summed E-state index contributed by atoms with van der Waals surface area (Å²) < 4.78 is 0. The van der Waals surface area contributed by atoms with E-state index >= 15 is 0 Å². The van der Waals surface area contributed by atoms with Crippen molar-refractivity contribution in [3.8, 4) is 0 Å². The van der Waals surface area contributed by atoms with E-state index in [-0.39, 0.29) is 5.91 Å². The molecule has 0 atom stereocenters. The van der Waals surface area contributed by atoms with Crippen LogP contribution in [0.3, 0.4) is 0 Å². The lowest BCUT2D eigenvalue weighted by Crippen LogP contribution is -2.29. The van der Waals surface area contributed by atoms with E-state index in [0.29, 0.717) is 18.7 Å². The number of hydrogen-bond donors (Lipinski definition) is 2. The number of anilines is 2. The second-order valence-electron chi connectivity index (χ2n) is 7.69. The van der Waals surface area contributed by atoms with Gasteiger partial charge in [0.25, 0.3) is 5.91 Å². The molecule has 0 unspecified atom stereocenters. The first-order valence-corrected chi connectivity index (χ1v) is 10.8. The van der Waals surface area contributed by atoms with E-state index in [2.05, 4.69) is 44.9 Å². The third-order valence-corrected chi connectivity index (χ3v) is 5.47. The van der Waals surface area contributed by atoms with Crippen LogP contribution in [0, 0.1) is 0 Å². The van der Waals surface area contributed by atoms with Gasteiger partial charge in [0.2, 0.25) is 0 Å². The first kappa shape index (κ1) is 20.9. The Labute approximate surface area is 183 Å². The summed E-state index contributed by atoms with van der Waals surface area (Å²) in [5.74, 6) is -0.275. The summed E-state index contributed by atoms with van der Waals surface area (Å²) in [6, 6.07) is 19.7. The third kappa shape index (κ3) is 5.83. The average molecular weight is 417 g/mol. The van der Waals surface area contributed by atoms with E-state index in [4.69, 9.17) is 4.84 Å². The van der Waals surface area contributed by atoms with Crippen LogP contribution in [-0.2, 0) is 18.0 Å². The number of rotatable bonds is 8. The highest BCUT2D eigenvalue weighted by Gasteiger charge is 2.12. The largest absolute Gasteiger partial charge is 0.380 e. The van der Waals surface area contributed by atoms with Crippen molar-refractivity contribution in [3.63, 3.8) is 0 Å². The number of piperidine rings is 1. The lowest BCUT2D eigenvalue weighted by Gasteiger charge is -2.28. The quantitative estimate of drug-likeness (QED) is 0.528. The fourth-order valence-corrected chi connectivity index (χ4v) is 3.73. The van der Waals surface area contributed by atoms with E-state index in [1.807, 2.05) is 30.3 Å². The van der Waals surface area contributed by atoms with Crippen LogP contribution in [-0.4, -0.2) is 24.0 Å². The lowest BCUT2D eigenvalue weighted by atomic mass is 10.1. The molecular formula is C25H28N4O2. The Hall–Kier alpha value is -3.38. The van der Waals surface area contributed by atoms with Gasteiger partial charge in [0.15, 0.2) is 0 Å². The van der Waals surface area contributed by atoms with Gasteiger partial charge in [0.1, 0.15) is 0 Å². The number of pyridine rings is 1. The SMILES string of the molecule is O=C(NOCc1ccc(N2CCCCC2)cc1)c1ccccc1NCc1ccncc1. The molecule has 0 saturated carbocycles. The van der Waals surface area contributed by atoms with E-state index in [1.165, 1.54) is 24.9 Å². The predicted molar refractivity (Wildman–Crippen MR) is 123 cm³/mol. The molecule has 2 N–H and O–H groups in total. The molecule has 2 aromatic carbocycles. The molecule has 4 rings (SSSR count). The maximum Gasteiger partial charge on any atom is 0.276 e. The molecule has 1 fully saturated rings. The normalized spacial score (nSPS) is 13.6. The number of hydroxylamine groups is 1. The molecule has 6 heteroatoms. The minimum absolute atomic E-state index is 0.275. The third-order valence-electron chi connectivity index (χ3n) is 5.47. The summed E-state index contributed by atoms with van der Waals surface area (Å²) in [5, 5.41) is 3.31. The van der Waals surface area contributed by atoms with Crippen molar-refractivity contribution in [1.29, 1.82) is 0 Å². The topological polar surface area (TPSA) is 66.5 Å². The van der Waals surface area contributed by atoms with Gasteiger partial charge in [-0.1, -0.05) is 24.3 Å². The molecule has 3 aromatic rings. The Morgan fingerprint density at radius 3 is 2.42 bits per heavy atom. The summed E-state index contributed by atoms with van der Waals surface area (Å²) in [6.45, 7) is 3.18. The van der Waals surface area contributed by atoms with Crippen molar-refractivity contribution < 1.29 is 9.63 Å². The highest BCUT2D eigenvalue weighted by Crippen LogP contribution is 2.20. The molecule has 1 aliphatic heterocycles. The number of carbonyl (C=O) groups is 1. The summed E-state index contributed by atoms with van der Waals surface area (Å²) in [5.41, 5.74) is 7.22. The molecule has 160 valence electrons. The van der Waals surface area contributed by atoms with Crippen molar-refractivity contribution in [2.75, 3.05) is 23.3 Å². The van der Waals surface area contributed by atoms with Crippen LogP contribution in [0.15, 0.2) is 73.1 Å². The molecule has 6 nitrogen and oxygen atoms in total. The van der Waals surface area contributed by atoms with Crippen LogP contribution in [0.1, 0.15) is 40.7 Å². The Morgan fingerprint density at radius 2 is 1.65 bits per heavy atom. The van der Waals surface area contributed by atoms with Crippen LogP contribution < -0.4 is 15.7 Å². The zero-order chi connectivity index (χ0) is 21.3. The van der Waals surface area contributed by atoms with Gasteiger partial charge in [-0.15, -0.1) is 0 Å². The molecular weight excluding hydrogens is 388 g/mol. The summed E-state index contributed by atoms with van der Waals surface area (Å²) in [4.78, 5) is 24.6. The van der Waals surface area contributed by atoms with Gasteiger partial charge < -0.3 is 10.2 Å². The monoisotopic (exact) mass is 416 g/mol. The number of hydrogen-bond acceptors (Lipinski definition) is 5. The highest BCUT2D eigenvalue weighted by molar-refractivity contribution is 5.99. The molecule has 1 amide bonds. The second kappa shape index (κ2) is 10.6. The number of aromatic nitrogens is 1. The zero-order valence-corrected chi connectivity index (χ0v) is 17.6. The first-order chi connectivity index (χ1) is 15.3. The van der Waals surface area contributed by atoms with Gasteiger partial charge in [0.05, 0.1) is 12.2 Å². The maximum absolute atomic E-state index is 12.6. The predicted octanol–water partition coefficient (Wildman–Crippen LogP) is 4.55. The molecule has 2 heterocycles. The second-order valence-corrected chi connectivity index (χ2v) is 7.69. The van der Waals surface area contributed by atoms with E-state index in [0.717, 1.165) is 29.9 Å². The van der Waals surface area contributed by atoms with Gasteiger partial charge in [-0.05, 0) is 66.8 Å². The fourth-order valence-electron chi connectivity index (χ4n) is 3.73. The van der Waals surface area contributed by atoms with Crippen molar-refractivity contribution in [2.24, 2.45) is 0 Å². The standard InChI is InChI=1S/C25H28N4O2/c30-25(23-6-2-3-7-24(23)27-18-20-12-14-26-15-13-20)28-31-19-21-8-10-22(11-9-21)29-16-4-1-5-17-29/h2-3,6-15,27H,1,4-5,16-19H2,(H,28,30). The van der Waals surface area contributed by atoms with Crippen molar-refractivity contribution >= 4 is 17.3 Å². The van der Waals surface area contributed by atoms with Crippen molar-refractivity contribution in [3.05, 3.63) is 89.7 Å². The summed E-state index contributed by atoms with van der Waals surface area (Å²) >= 11 is 0. The fraction of sp³-hybridized carbons (Fsp3) is 0.280. The molecule has 0 aliphatic carbocycles. The molecule has 1 saturated heterocycles. The molecule has 0 bridgehead atoms. The molecule has 0 spiro atoms. The number of benzene rings is 2. The Kier molecular flexibility index (Phi) is 7.13. The number of nitrogens with one attached hydrogen (secondary N) is 2. The van der Waals surface area contributed by atoms with E-state index < -0.39 is 0 Å².